The smallest absolute Gasteiger partial charge is 0.251 e. The summed E-state index contributed by atoms with van der Waals surface area (Å²) < 4.78 is 4.96. The molecule has 0 aliphatic carbocycles. The van der Waals surface area contributed by atoms with Crippen LogP contribution in [0.1, 0.15) is 27.2 Å². The Morgan fingerprint density at radius 2 is 1.90 bits per heavy atom. The van der Waals surface area contributed by atoms with Crippen LogP contribution in [0, 0.1) is 13.8 Å². The molecule has 30 heavy (non-hydrogen) atoms. The van der Waals surface area contributed by atoms with Gasteiger partial charge in [0.2, 0.25) is 0 Å². The first-order valence-electron chi connectivity index (χ1n) is 10.4. The summed E-state index contributed by atoms with van der Waals surface area (Å²) in [6.07, 6.45) is 0. The van der Waals surface area contributed by atoms with Crippen LogP contribution < -0.4 is 15.1 Å². The van der Waals surface area contributed by atoms with Gasteiger partial charge >= 0.3 is 0 Å². The van der Waals surface area contributed by atoms with E-state index in [0.29, 0.717) is 18.7 Å². The molecule has 1 fully saturated rings. The van der Waals surface area contributed by atoms with E-state index in [0.717, 1.165) is 54.2 Å². The molecule has 0 atom stereocenters. The average molecular weight is 431 g/mol. The number of piperazine rings is 1. The number of hydrogen-bond acceptors (Lipinski definition) is 6. The molecule has 0 spiro atoms. The number of carbonyl (C=O) groups is 1. The minimum absolute atomic E-state index is 0.0811. The fourth-order valence-electron chi connectivity index (χ4n) is 3.33. The summed E-state index contributed by atoms with van der Waals surface area (Å²) in [5, 5.41) is 3.64. The van der Waals surface area contributed by atoms with Crippen LogP contribution in [0.25, 0.3) is 0 Å². The minimum atomic E-state index is -0.0811. The highest BCUT2D eigenvalue weighted by atomic mass is 32.2. The lowest BCUT2D eigenvalue weighted by Gasteiger charge is -2.32. The summed E-state index contributed by atoms with van der Waals surface area (Å²) in [5.41, 5.74) is 4.00. The average Bonchev–Trinajstić information content (AvgIpc) is 2.75. The molecule has 1 aromatic carbocycles. The normalized spacial score (nSPS) is 14.7. The van der Waals surface area contributed by atoms with Gasteiger partial charge in [-0.1, -0.05) is 23.9 Å². The molecule has 2 N–H and O–H groups in total. The highest BCUT2D eigenvalue weighted by Crippen LogP contribution is 2.26. The molecule has 0 saturated carbocycles. The van der Waals surface area contributed by atoms with E-state index >= 15 is 0 Å². The maximum absolute atomic E-state index is 12.1. The second kappa shape index (κ2) is 10.7. The van der Waals surface area contributed by atoms with Crippen LogP contribution in [0.3, 0.4) is 0 Å². The molecule has 1 amide bonds. The summed E-state index contributed by atoms with van der Waals surface area (Å²) in [6.45, 7) is 9.51. The van der Waals surface area contributed by atoms with Gasteiger partial charge in [-0.25, -0.2) is 9.97 Å². The predicted octanol–water partition coefficient (Wildman–Crippen LogP) is 1.10. The fraction of sp³-hybridized carbons (Fsp3) is 0.500. The van der Waals surface area contributed by atoms with E-state index in [4.69, 9.17) is 9.72 Å². The fourth-order valence-corrected chi connectivity index (χ4v) is 4.17. The largest absolute Gasteiger partial charge is 0.383 e. The zero-order chi connectivity index (χ0) is 21.5. The number of nitrogens with one attached hydrogen (secondary N) is 2. The van der Waals surface area contributed by atoms with E-state index < -0.39 is 0 Å². The molecule has 3 rings (SSSR count). The number of methoxy groups -OCH3 is 1. The van der Waals surface area contributed by atoms with Crippen LogP contribution in [-0.4, -0.2) is 69.4 Å². The van der Waals surface area contributed by atoms with Crippen molar-refractivity contribution in [3.8, 4) is 0 Å². The van der Waals surface area contributed by atoms with Crippen LogP contribution in [0.5, 0.6) is 0 Å². The number of likely N-dealkylation sites (N-methyl/N-ethyl adjacent to an activating group) is 1. The number of aromatic nitrogens is 2. The van der Waals surface area contributed by atoms with E-state index in [1.54, 1.807) is 23.8 Å². The van der Waals surface area contributed by atoms with Gasteiger partial charge in [0.15, 0.2) is 5.16 Å². The van der Waals surface area contributed by atoms with Gasteiger partial charge < -0.3 is 19.9 Å². The highest BCUT2D eigenvalue weighted by Gasteiger charge is 2.21. The molecular formula is C22H32N5O2S+. The Labute approximate surface area is 183 Å². The van der Waals surface area contributed by atoms with Gasteiger partial charge in [-0.2, -0.15) is 0 Å². The van der Waals surface area contributed by atoms with Crippen molar-refractivity contribution in [2.45, 2.75) is 24.8 Å². The van der Waals surface area contributed by atoms with E-state index in [-0.39, 0.29) is 5.91 Å². The second-order valence-electron chi connectivity index (χ2n) is 7.72. The zero-order valence-corrected chi connectivity index (χ0v) is 19.1. The summed E-state index contributed by atoms with van der Waals surface area (Å²) in [6, 6.07) is 7.70. The van der Waals surface area contributed by atoms with Crippen LogP contribution in [0.2, 0.25) is 0 Å². The standard InChI is InChI=1S/C22H31N5O2S/c1-16-17(2)24-22(25-20(16)27-12-10-26(3)11-13-27)30-15-18-5-7-19(8-6-18)21(28)23-9-14-29-4/h5-8H,9-15H2,1-4H3,(H,23,28)/p+1. The van der Waals surface area contributed by atoms with Gasteiger partial charge in [0, 0.05) is 36.2 Å². The summed E-state index contributed by atoms with van der Waals surface area (Å²) >= 11 is 1.64. The molecule has 2 aromatic rings. The van der Waals surface area contributed by atoms with Crippen LogP contribution in [-0.2, 0) is 10.5 Å². The lowest BCUT2D eigenvalue weighted by atomic mass is 10.1. The Morgan fingerprint density at radius 3 is 2.57 bits per heavy atom. The highest BCUT2D eigenvalue weighted by molar-refractivity contribution is 7.98. The molecule has 1 aliphatic heterocycles. The van der Waals surface area contributed by atoms with Crippen molar-refractivity contribution >= 4 is 23.5 Å². The first-order valence-corrected chi connectivity index (χ1v) is 11.4. The number of hydrogen-bond donors (Lipinski definition) is 2. The number of aryl methyl sites for hydroxylation is 1. The SMILES string of the molecule is COCCNC(=O)c1ccc(CSc2nc(C)c(C)c(N3CC[NH+](C)CC3)n2)cc1. The molecule has 8 heteroatoms. The van der Waals surface area contributed by atoms with Crippen molar-refractivity contribution in [2.75, 3.05) is 58.4 Å². The van der Waals surface area contributed by atoms with Crippen molar-refractivity contribution in [3.05, 3.63) is 46.6 Å². The lowest BCUT2D eigenvalue weighted by Crippen LogP contribution is -3.12. The van der Waals surface area contributed by atoms with Crippen molar-refractivity contribution < 1.29 is 14.4 Å². The number of carbonyl (C=O) groups excluding carboxylic acids is 1. The van der Waals surface area contributed by atoms with Crippen molar-refractivity contribution in [1.29, 1.82) is 0 Å². The number of nitrogens with zero attached hydrogens (tertiary/aromatic N) is 3. The van der Waals surface area contributed by atoms with Crippen LogP contribution in [0.15, 0.2) is 29.4 Å². The second-order valence-corrected chi connectivity index (χ2v) is 8.66. The monoisotopic (exact) mass is 430 g/mol. The molecule has 1 aromatic heterocycles. The molecule has 1 aliphatic rings. The number of thioether (sulfide) groups is 1. The molecule has 162 valence electrons. The molecule has 2 heterocycles. The molecular weight excluding hydrogens is 398 g/mol. The van der Waals surface area contributed by atoms with Gasteiger partial charge in [-0.15, -0.1) is 0 Å². The molecule has 1 saturated heterocycles. The van der Waals surface area contributed by atoms with Gasteiger partial charge in [-0.05, 0) is 31.5 Å². The summed E-state index contributed by atoms with van der Waals surface area (Å²) in [4.78, 5) is 25.6. The number of ether oxygens (including phenoxy) is 1. The number of amides is 1. The van der Waals surface area contributed by atoms with E-state index in [1.807, 2.05) is 24.3 Å². The lowest BCUT2D eigenvalue weighted by molar-refractivity contribution is -0.880. The molecule has 0 bridgehead atoms. The predicted molar refractivity (Wildman–Crippen MR) is 121 cm³/mol. The zero-order valence-electron chi connectivity index (χ0n) is 18.3. The Bertz CT molecular complexity index is 851. The first-order chi connectivity index (χ1) is 14.5. The number of anilines is 1. The molecule has 0 unspecified atom stereocenters. The Hall–Kier alpha value is -2.16. The number of benzene rings is 1. The maximum atomic E-state index is 12.1. The maximum Gasteiger partial charge on any atom is 0.251 e. The summed E-state index contributed by atoms with van der Waals surface area (Å²) in [5.74, 6) is 1.75. The summed E-state index contributed by atoms with van der Waals surface area (Å²) in [7, 11) is 3.86. The Balaban J connectivity index is 1.62. The quantitative estimate of drug-likeness (QED) is 0.371. The van der Waals surface area contributed by atoms with E-state index in [1.165, 1.54) is 5.56 Å². The topological polar surface area (TPSA) is 71.8 Å². The minimum Gasteiger partial charge on any atom is -0.383 e. The van der Waals surface area contributed by atoms with Crippen LogP contribution >= 0.6 is 11.8 Å². The molecule has 7 nitrogen and oxygen atoms in total. The number of rotatable bonds is 8. The van der Waals surface area contributed by atoms with Crippen molar-refractivity contribution in [2.24, 2.45) is 0 Å². The third-order valence-electron chi connectivity index (χ3n) is 5.44. The third-order valence-corrected chi connectivity index (χ3v) is 6.35. The van der Waals surface area contributed by atoms with E-state index in [9.17, 15) is 4.79 Å². The van der Waals surface area contributed by atoms with Gasteiger partial charge in [0.1, 0.15) is 5.82 Å². The van der Waals surface area contributed by atoms with Gasteiger partial charge in [0.25, 0.3) is 5.91 Å². The van der Waals surface area contributed by atoms with Crippen molar-refractivity contribution in [1.82, 2.24) is 15.3 Å². The Kier molecular flexibility index (Phi) is 8.07. The van der Waals surface area contributed by atoms with Crippen LogP contribution in [0.4, 0.5) is 5.82 Å². The van der Waals surface area contributed by atoms with Crippen molar-refractivity contribution in [3.63, 3.8) is 0 Å². The van der Waals surface area contributed by atoms with E-state index in [2.05, 4.69) is 36.1 Å². The van der Waals surface area contributed by atoms with Gasteiger partial charge in [0.05, 0.1) is 39.8 Å². The molecule has 0 radical (unpaired) electrons. The number of quaternary nitrogens is 1. The third kappa shape index (κ3) is 5.93. The first kappa shape index (κ1) is 22.5. The van der Waals surface area contributed by atoms with Gasteiger partial charge in [-0.3, -0.25) is 4.79 Å². The Morgan fingerprint density at radius 1 is 1.20 bits per heavy atom.